The number of benzene rings is 1. The van der Waals surface area contributed by atoms with E-state index < -0.39 is 0 Å². The summed E-state index contributed by atoms with van der Waals surface area (Å²) in [7, 11) is 1.74. The number of hydrogen-bond acceptors (Lipinski definition) is 2. The van der Waals surface area contributed by atoms with E-state index in [1.54, 1.807) is 7.11 Å². The summed E-state index contributed by atoms with van der Waals surface area (Å²) in [6, 6.07) is 6.55. The van der Waals surface area contributed by atoms with Crippen LogP contribution in [-0.4, -0.2) is 19.1 Å². The highest BCUT2D eigenvalue weighted by atomic mass is 79.9. The van der Waals surface area contributed by atoms with Crippen molar-refractivity contribution in [3.63, 3.8) is 0 Å². The Morgan fingerprint density at radius 2 is 1.79 bits per heavy atom. The van der Waals surface area contributed by atoms with Gasteiger partial charge < -0.3 is 10.1 Å². The van der Waals surface area contributed by atoms with E-state index in [2.05, 4.69) is 74.1 Å². The molecule has 3 heteroatoms. The SMILES string of the molecule is COc1ccc(C(C)(C)CNCBr)cc1C(C)(C)C. The van der Waals surface area contributed by atoms with Crippen LogP contribution in [0.1, 0.15) is 45.7 Å². The standard InChI is InChI=1S/C16H26BrNO/c1-15(2,3)13-9-12(7-8-14(13)19-6)16(4,5)10-18-11-17/h7-9,18H,10-11H2,1-6H3. The van der Waals surface area contributed by atoms with Gasteiger partial charge in [0.1, 0.15) is 5.75 Å². The van der Waals surface area contributed by atoms with Gasteiger partial charge in [0.05, 0.1) is 12.6 Å². The molecular weight excluding hydrogens is 302 g/mol. The minimum atomic E-state index is 0.0836. The summed E-state index contributed by atoms with van der Waals surface area (Å²) in [6.07, 6.45) is 0. The van der Waals surface area contributed by atoms with Crippen LogP contribution in [0.3, 0.4) is 0 Å². The number of rotatable bonds is 5. The molecule has 0 aromatic heterocycles. The van der Waals surface area contributed by atoms with Gasteiger partial charge in [-0.25, -0.2) is 0 Å². The second kappa shape index (κ2) is 6.27. The monoisotopic (exact) mass is 327 g/mol. The minimum Gasteiger partial charge on any atom is -0.496 e. The van der Waals surface area contributed by atoms with E-state index in [4.69, 9.17) is 4.74 Å². The lowest BCUT2D eigenvalue weighted by Gasteiger charge is -2.29. The summed E-state index contributed by atoms with van der Waals surface area (Å²) in [6.45, 7) is 12.1. The average molecular weight is 328 g/mol. The summed E-state index contributed by atoms with van der Waals surface area (Å²) in [5.74, 6) is 0.973. The quantitative estimate of drug-likeness (QED) is 0.646. The Bertz CT molecular complexity index is 421. The van der Waals surface area contributed by atoms with Crippen LogP contribution in [0.5, 0.6) is 5.75 Å². The molecule has 0 aliphatic carbocycles. The predicted molar refractivity (Wildman–Crippen MR) is 86.5 cm³/mol. The Kier molecular flexibility index (Phi) is 5.45. The summed E-state index contributed by atoms with van der Waals surface area (Å²) in [5.41, 5.74) is 3.60. The number of nitrogens with one attached hydrogen (secondary N) is 1. The molecular formula is C16H26BrNO. The molecule has 0 atom stereocenters. The van der Waals surface area contributed by atoms with Crippen molar-refractivity contribution in [2.24, 2.45) is 0 Å². The van der Waals surface area contributed by atoms with Gasteiger partial charge in [0.25, 0.3) is 0 Å². The predicted octanol–water partition coefficient (Wildman–Crippen LogP) is 4.21. The first-order chi connectivity index (χ1) is 8.72. The van der Waals surface area contributed by atoms with E-state index in [1.807, 2.05) is 0 Å². The van der Waals surface area contributed by atoms with Gasteiger partial charge in [0.15, 0.2) is 0 Å². The summed E-state index contributed by atoms with van der Waals surface area (Å²) in [4.78, 5) is 0. The Morgan fingerprint density at radius 1 is 1.16 bits per heavy atom. The van der Waals surface area contributed by atoms with E-state index in [0.717, 1.165) is 17.7 Å². The molecule has 0 amide bonds. The number of alkyl halides is 1. The van der Waals surface area contributed by atoms with Crippen molar-refractivity contribution in [3.05, 3.63) is 29.3 Å². The van der Waals surface area contributed by atoms with E-state index in [9.17, 15) is 0 Å². The maximum absolute atomic E-state index is 5.50. The van der Waals surface area contributed by atoms with Crippen molar-refractivity contribution in [1.82, 2.24) is 5.32 Å². The van der Waals surface area contributed by atoms with Gasteiger partial charge in [-0.1, -0.05) is 62.7 Å². The molecule has 0 heterocycles. The van der Waals surface area contributed by atoms with Crippen LogP contribution >= 0.6 is 15.9 Å². The number of halogens is 1. The molecule has 0 fully saturated rings. The summed E-state index contributed by atoms with van der Waals surface area (Å²) >= 11 is 3.41. The second-order valence-corrected chi connectivity index (χ2v) is 7.17. The molecule has 19 heavy (non-hydrogen) atoms. The molecule has 0 aliphatic rings. The van der Waals surface area contributed by atoms with E-state index >= 15 is 0 Å². The molecule has 0 aliphatic heterocycles. The Labute approximate surface area is 126 Å². The highest BCUT2D eigenvalue weighted by molar-refractivity contribution is 9.09. The Morgan fingerprint density at radius 3 is 2.26 bits per heavy atom. The molecule has 1 rings (SSSR count). The number of hydrogen-bond donors (Lipinski definition) is 1. The van der Waals surface area contributed by atoms with E-state index in [-0.39, 0.29) is 10.8 Å². The molecule has 0 bridgehead atoms. The minimum absolute atomic E-state index is 0.0836. The fourth-order valence-electron chi connectivity index (χ4n) is 2.18. The van der Waals surface area contributed by atoms with Crippen LogP contribution in [0.25, 0.3) is 0 Å². The van der Waals surface area contributed by atoms with Gasteiger partial charge in [-0.05, 0) is 22.6 Å². The van der Waals surface area contributed by atoms with Crippen molar-refractivity contribution in [1.29, 1.82) is 0 Å². The number of ether oxygens (including phenoxy) is 1. The van der Waals surface area contributed by atoms with E-state index in [0.29, 0.717) is 0 Å². The normalized spacial score (nSPS) is 12.6. The van der Waals surface area contributed by atoms with Gasteiger partial charge in [0.2, 0.25) is 0 Å². The van der Waals surface area contributed by atoms with Crippen LogP contribution in [0, 0.1) is 0 Å². The van der Waals surface area contributed by atoms with Gasteiger partial charge in [0, 0.05) is 12.0 Å². The molecule has 0 radical (unpaired) electrons. The van der Waals surface area contributed by atoms with Crippen molar-refractivity contribution in [2.75, 3.05) is 19.1 Å². The molecule has 108 valence electrons. The lowest BCUT2D eigenvalue weighted by molar-refractivity contribution is 0.396. The second-order valence-electron chi connectivity index (χ2n) is 6.61. The maximum atomic E-state index is 5.50. The third-order valence-corrected chi connectivity index (χ3v) is 3.85. The first-order valence-electron chi connectivity index (χ1n) is 6.68. The fraction of sp³-hybridized carbons (Fsp3) is 0.625. The van der Waals surface area contributed by atoms with Crippen LogP contribution in [0.15, 0.2) is 18.2 Å². The molecule has 0 saturated heterocycles. The van der Waals surface area contributed by atoms with Gasteiger partial charge in [-0.3, -0.25) is 0 Å². The zero-order valence-corrected chi connectivity index (χ0v) is 14.5. The first kappa shape index (κ1) is 16.5. The van der Waals surface area contributed by atoms with Gasteiger partial charge in [-0.2, -0.15) is 0 Å². The van der Waals surface area contributed by atoms with Gasteiger partial charge >= 0.3 is 0 Å². The van der Waals surface area contributed by atoms with Crippen LogP contribution in [0.2, 0.25) is 0 Å². The maximum Gasteiger partial charge on any atom is 0.122 e. The van der Waals surface area contributed by atoms with Crippen LogP contribution < -0.4 is 10.1 Å². The molecule has 2 nitrogen and oxygen atoms in total. The third kappa shape index (κ3) is 4.22. The highest BCUT2D eigenvalue weighted by Gasteiger charge is 2.25. The zero-order chi connectivity index (χ0) is 14.7. The number of methoxy groups -OCH3 is 1. The smallest absolute Gasteiger partial charge is 0.122 e. The Balaban J connectivity index is 3.18. The van der Waals surface area contributed by atoms with Crippen molar-refractivity contribution >= 4 is 15.9 Å². The lowest BCUT2D eigenvalue weighted by Crippen LogP contribution is -2.32. The van der Waals surface area contributed by atoms with E-state index in [1.165, 1.54) is 11.1 Å². The van der Waals surface area contributed by atoms with Crippen LogP contribution in [0.4, 0.5) is 0 Å². The summed E-state index contributed by atoms with van der Waals surface area (Å²) in [5, 5.41) is 3.36. The highest BCUT2D eigenvalue weighted by Crippen LogP contribution is 2.35. The zero-order valence-electron chi connectivity index (χ0n) is 12.9. The summed E-state index contributed by atoms with van der Waals surface area (Å²) < 4.78 is 5.50. The largest absolute Gasteiger partial charge is 0.496 e. The fourth-order valence-corrected chi connectivity index (χ4v) is 2.38. The van der Waals surface area contributed by atoms with Gasteiger partial charge in [-0.15, -0.1) is 0 Å². The topological polar surface area (TPSA) is 21.3 Å². The molecule has 1 aromatic rings. The third-order valence-electron chi connectivity index (χ3n) is 3.45. The Hall–Kier alpha value is -0.540. The molecule has 0 spiro atoms. The lowest BCUT2D eigenvalue weighted by atomic mass is 9.79. The van der Waals surface area contributed by atoms with Crippen molar-refractivity contribution in [2.45, 2.75) is 45.4 Å². The van der Waals surface area contributed by atoms with Crippen molar-refractivity contribution < 1.29 is 4.74 Å². The molecule has 0 saturated carbocycles. The molecule has 1 N–H and O–H groups in total. The van der Waals surface area contributed by atoms with Crippen molar-refractivity contribution in [3.8, 4) is 5.75 Å². The molecule has 0 unspecified atom stereocenters. The van der Waals surface area contributed by atoms with Crippen LogP contribution in [-0.2, 0) is 10.8 Å². The average Bonchev–Trinajstić information content (AvgIpc) is 2.34. The molecule has 1 aromatic carbocycles. The first-order valence-corrected chi connectivity index (χ1v) is 7.80.